The van der Waals surface area contributed by atoms with Gasteiger partial charge in [0, 0.05) is 37.1 Å². The molecule has 3 aromatic carbocycles. The van der Waals surface area contributed by atoms with Gasteiger partial charge in [-0.15, -0.1) is 0 Å². The van der Waals surface area contributed by atoms with Gasteiger partial charge in [-0.05, 0) is 61.1 Å². The Labute approximate surface area is 218 Å². The van der Waals surface area contributed by atoms with Crippen LogP contribution in [0.3, 0.4) is 0 Å². The molecule has 7 nitrogen and oxygen atoms in total. The van der Waals surface area contributed by atoms with Crippen molar-refractivity contribution >= 4 is 23.2 Å². The van der Waals surface area contributed by atoms with E-state index in [1.54, 1.807) is 31.4 Å². The molecule has 1 aliphatic heterocycles. The summed E-state index contributed by atoms with van der Waals surface area (Å²) < 4.78 is 10.6. The average Bonchev–Trinajstić information content (AvgIpc) is 2.93. The van der Waals surface area contributed by atoms with E-state index >= 15 is 0 Å². The van der Waals surface area contributed by atoms with Gasteiger partial charge in [0.05, 0.1) is 25.3 Å². The molecular formula is C30H35N3O4. The first kappa shape index (κ1) is 26.1. The molecule has 0 saturated carbocycles. The van der Waals surface area contributed by atoms with Crippen LogP contribution >= 0.6 is 0 Å². The second-order valence-corrected chi connectivity index (χ2v) is 9.41. The summed E-state index contributed by atoms with van der Waals surface area (Å²) in [5, 5.41) is 5.99. The maximum Gasteiger partial charge on any atom is 0.259 e. The molecule has 1 saturated heterocycles. The van der Waals surface area contributed by atoms with E-state index in [0.717, 1.165) is 38.0 Å². The van der Waals surface area contributed by atoms with Crippen molar-refractivity contribution in [2.45, 2.75) is 26.2 Å². The zero-order chi connectivity index (χ0) is 26.2. The largest absolute Gasteiger partial charge is 0.497 e. The molecule has 0 aromatic heterocycles. The van der Waals surface area contributed by atoms with Gasteiger partial charge in [0.15, 0.2) is 0 Å². The number of hydrogen-bond donors (Lipinski definition) is 2. The van der Waals surface area contributed by atoms with Gasteiger partial charge in [0.2, 0.25) is 0 Å². The molecule has 0 spiro atoms. The molecule has 37 heavy (non-hydrogen) atoms. The Morgan fingerprint density at radius 1 is 0.892 bits per heavy atom. The predicted molar refractivity (Wildman–Crippen MR) is 147 cm³/mol. The summed E-state index contributed by atoms with van der Waals surface area (Å²) in [5.41, 5.74) is 3.55. The van der Waals surface area contributed by atoms with Gasteiger partial charge in [-0.3, -0.25) is 9.59 Å². The smallest absolute Gasteiger partial charge is 0.259 e. The third-order valence-electron chi connectivity index (χ3n) is 6.82. The molecule has 7 heteroatoms. The molecule has 1 aliphatic rings. The van der Waals surface area contributed by atoms with Gasteiger partial charge in [-0.1, -0.05) is 37.3 Å². The molecule has 194 valence electrons. The fourth-order valence-corrected chi connectivity index (χ4v) is 4.57. The van der Waals surface area contributed by atoms with E-state index in [9.17, 15) is 9.59 Å². The number of hydrogen-bond acceptors (Lipinski definition) is 5. The molecule has 1 heterocycles. The molecule has 2 amide bonds. The minimum absolute atomic E-state index is 0.150. The molecule has 3 aromatic rings. The van der Waals surface area contributed by atoms with Crippen molar-refractivity contribution in [3.8, 4) is 11.5 Å². The van der Waals surface area contributed by atoms with E-state index in [-0.39, 0.29) is 11.8 Å². The second-order valence-electron chi connectivity index (χ2n) is 9.41. The molecule has 2 N–H and O–H groups in total. The standard InChI is InChI=1S/C30H35N3O4/c1-21-14-17-33(18-15-21)27-12-9-23(32-30(35)25-11-10-24(36-2)20-28(25)37-3)19-26(27)29(34)31-16-13-22-7-5-4-6-8-22/h4-12,19-21H,13-18H2,1-3H3,(H,31,34)(H,32,35). The van der Waals surface area contributed by atoms with Crippen molar-refractivity contribution in [2.24, 2.45) is 5.92 Å². The summed E-state index contributed by atoms with van der Waals surface area (Å²) in [7, 11) is 3.07. The molecule has 0 radical (unpaired) electrons. The van der Waals surface area contributed by atoms with Crippen molar-refractivity contribution in [1.82, 2.24) is 5.32 Å². The molecule has 4 rings (SSSR count). The topological polar surface area (TPSA) is 79.9 Å². The van der Waals surface area contributed by atoms with Gasteiger partial charge in [-0.2, -0.15) is 0 Å². The Morgan fingerprint density at radius 2 is 1.65 bits per heavy atom. The highest BCUT2D eigenvalue weighted by Crippen LogP contribution is 2.30. The van der Waals surface area contributed by atoms with Crippen molar-refractivity contribution in [2.75, 3.05) is 44.1 Å². The van der Waals surface area contributed by atoms with E-state index in [0.29, 0.717) is 40.8 Å². The number of piperidine rings is 1. The Morgan fingerprint density at radius 3 is 2.35 bits per heavy atom. The first-order valence-corrected chi connectivity index (χ1v) is 12.7. The first-order valence-electron chi connectivity index (χ1n) is 12.7. The summed E-state index contributed by atoms with van der Waals surface area (Å²) in [6.07, 6.45) is 2.92. The Hall–Kier alpha value is -4.00. The van der Waals surface area contributed by atoms with Crippen molar-refractivity contribution < 1.29 is 19.1 Å². The number of benzene rings is 3. The number of rotatable bonds is 9. The van der Waals surface area contributed by atoms with Crippen molar-refractivity contribution in [1.29, 1.82) is 0 Å². The fraction of sp³-hybridized carbons (Fsp3) is 0.333. The van der Waals surface area contributed by atoms with Gasteiger partial charge >= 0.3 is 0 Å². The summed E-state index contributed by atoms with van der Waals surface area (Å²) in [5.74, 6) is 1.22. The lowest BCUT2D eigenvalue weighted by atomic mass is 9.97. The highest BCUT2D eigenvalue weighted by Gasteiger charge is 2.22. The fourth-order valence-electron chi connectivity index (χ4n) is 4.57. The Balaban J connectivity index is 1.55. The first-order chi connectivity index (χ1) is 18.0. The number of amides is 2. The van der Waals surface area contributed by atoms with Crippen LogP contribution in [0.25, 0.3) is 0 Å². The molecule has 1 fully saturated rings. The van der Waals surface area contributed by atoms with Gasteiger partial charge in [0.25, 0.3) is 11.8 Å². The Kier molecular flexibility index (Phi) is 8.67. The van der Waals surface area contributed by atoms with Gasteiger partial charge in [-0.25, -0.2) is 0 Å². The number of nitrogens with one attached hydrogen (secondary N) is 2. The highest BCUT2D eigenvalue weighted by molar-refractivity contribution is 6.08. The van der Waals surface area contributed by atoms with Crippen LogP contribution in [0.4, 0.5) is 11.4 Å². The lowest BCUT2D eigenvalue weighted by molar-refractivity contribution is 0.0953. The van der Waals surface area contributed by atoms with Crippen LogP contribution in [0.15, 0.2) is 66.7 Å². The molecule has 0 atom stereocenters. The van der Waals surface area contributed by atoms with E-state index in [1.165, 1.54) is 12.7 Å². The predicted octanol–water partition coefficient (Wildman–Crippen LogP) is 5.16. The molecule has 0 unspecified atom stereocenters. The number of ether oxygens (including phenoxy) is 2. The number of carbonyl (C=O) groups excluding carboxylic acids is 2. The highest BCUT2D eigenvalue weighted by atomic mass is 16.5. The summed E-state index contributed by atoms with van der Waals surface area (Å²) >= 11 is 0. The zero-order valence-corrected chi connectivity index (χ0v) is 21.8. The van der Waals surface area contributed by atoms with Crippen molar-refractivity contribution in [3.05, 3.63) is 83.4 Å². The van der Waals surface area contributed by atoms with E-state index in [4.69, 9.17) is 9.47 Å². The van der Waals surface area contributed by atoms with Crippen LogP contribution in [0.2, 0.25) is 0 Å². The summed E-state index contributed by atoms with van der Waals surface area (Å²) in [4.78, 5) is 28.7. The lowest BCUT2D eigenvalue weighted by Gasteiger charge is -2.33. The van der Waals surface area contributed by atoms with E-state index < -0.39 is 0 Å². The van der Waals surface area contributed by atoms with Crippen LogP contribution in [0.1, 0.15) is 46.0 Å². The van der Waals surface area contributed by atoms with Crippen LogP contribution in [-0.4, -0.2) is 45.7 Å². The summed E-state index contributed by atoms with van der Waals surface area (Å²) in [6.45, 7) is 4.60. The van der Waals surface area contributed by atoms with Gasteiger partial charge < -0.3 is 25.0 Å². The van der Waals surface area contributed by atoms with Crippen LogP contribution in [0.5, 0.6) is 11.5 Å². The SMILES string of the molecule is COc1ccc(C(=O)Nc2ccc(N3CCC(C)CC3)c(C(=O)NCCc3ccccc3)c2)c(OC)c1. The van der Waals surface area contributed by atoms with Crippen LogP contribution < -0.4 is 25.0 Å². The Bertz CT molecular complexity index is 1220. The summed E-state index contributed by atoms with van der Waals surface area (Å²) in [6, 6.07) is 20.7. The van der Waals surface area contributed by atoms with Crippen LogP contribution in [0, 0.1) is 5.92 Å². The maximum absolute atomic E-state index is 13.4. The normalized spacial score (nSPS) is 13.6. The number of methoxy groups -OCH3 is 2. The number of nitrogens with zero attached hydrogens (tertiary/aromatic N) is 1. The number of carbonyl (C=O) groups is 2. The van der Waals surface area contributed by atoms with E-state index in [2.05, 4.69) is 34.6 Å². The average molecular weight is 502 g/mol. The molecule has 0 aliphatic carbocycles. The minimum atomic E-state index is -0.325. The second kappa shape index (κ2) is 12.3. The van der Waals surface area contributed by atoms with Gasteiger partial charge in [0.1, 0.15) is 11.5 Å². The maximum atomic E-state index is 13.4. The third-order valence-corrected chi connectivity index (χ3v) is 6.82. The van der Waals surface area contributed by atoms with Crippen molar-refractivity contribution in [3.63, 3.8) is 0 Å². The molecule has 0 bridgehead atoms. The quantitative estimate of drug-likeness (QED) is 0.423. The third kappa shape index (κ3) is 6.61. The monoisotopic (exact) mass is 501 g/mol. The lowest BCUT2D eigenvalue weighted by Crippen LogP contribution is -2.35. The van der Waals surface area contributed by atoms with E-state index in [1.807, 2.05) is 30.3 Å². The van der Waals surface area contributed by atoms with Crippen LogP contribution in [-0.2, 0) is 6.42 Å². The zero-order valence-electron chi connectivity index (χ0n) is 21.8. The minimum Gasteiger partial charge on any atom is -0.497 e. The number of anilines is 2. The molecular weight excluding hydrogens is 466 g/mol.